The molecule has 0 rings (SSSR count). The van der Waals surface area contributed by atoms with Gasteiger partial charge in [0.25, 0.3) is 7.82 Å². The zero-order valence-electron chi connectivity index (χ0n) is 33.6. The number of hydrogen-bond donors (Lipinski definition) is 2. The van der Waals surface area contributed by atoms with Crippen LogP contribution in [-0.2, 0) is 18.4 Å². The van der Waals surface area contributed by atoms with Crippen molar-refractivity contribution in [2.75, 3.05) is 40.9 Å². The number of aliphatic hydroxyl groups excluding tert-OH is 1. The Morgan fingerprint density at radius 2 is 1.10 bits per heavy atom. The SMILES string of the molecule is CCCCCCCCCC/C=C\CCCCCCCCCCCCCCCC(=O)NC(COP(=O)([O-])OCC[N+](C)(C)C)C(O)CCCCC. The highest BCUT2D eigenvalue weighted by Crippen LogP contribution is 2.38. The molecule has 50 heavy (non-hydrogen) atoms. The number of nitrogens with zero attached hydrogens (tertiary/aromatic N) is 1. The van der Waals surface area contributed by atoms with Gasteiger partial charge in [0.15, 0.2) is 0 Å². The summed E-state index contributed by atoms with van der Waals surface area (Å²) in [6, 6.07) is -0.792. The number of unbranched alkanes of at least 4 members (excludes halogenated alkanes) is 23. The second-order valence-electron chi connectivity index (χ2n) is 15.7. The first-order valence-corrected chi connectivity index (χ1v) is 22.5. The van der Waals surface area contributed by atoms with Crippen LogP contribution >= 0.6 is 7.82 Å². The normalized spacial score (nSPS) is 14.6. The first kappa shape index (κ1) is 49.2. The number of carbonyl (C=O) groups excluding carboxylic acids is 1. The van der Waals surface area contributed by atoms with Gasteiger partial charge in [0.05, 0.1) is 39.9 Å². The van der Waals surface area contributed by atoms with E-state index in [4.69, 9.17) is 9.05 Å². The number of hydrogen-bond acceptors (Lipinski definition) is 6. The Morgan fingerprint density at radius 3 is 1.56 bits per heavy atom. The predicted molar refractivity (Wildman–Crippen MR) is 210 cm³/mol. The third-order valence-electron chi connectivity index (χ3n) is 9.50. The second-order valence-corrected chi connectivity index (χ2v) is 17.1. The van der Waals surface area contributed by atoms with Crippen LogP contribution in [0.15, 0.2) is 12.2 Å². The molecule has 0 aromatic rings. The molecule has 0 saturated carbocycles. The van der Waals surface area contributed by atoms with Crippen LogP contribution in [0.3, 0.4) is 0 Å². The Hall–Kier alpha value is -0.760. The van der Waals surface area contributed by atoms with E-state index >= 15 is 0 Å². The number of rotatable bonds is 38. The molecule has 3 atom stereocenters. The molecule has 0 aliphatic rings. The van der Waals surface area contributed by atoms with Crippen molar-refractivity contribution in [2.24, 2.45) is 0 Å². The molecule has 0 aliphatic carbocycles. The molecule has 0 aromatic carbocycles. The summed E-state index contributed by atoms with van der Waals surface area (Å²) < 4.78 is 22.9. The summed E-state index contributed by atoms with van der Waals surface area (Å²) in [5.74, 6) is -0.176. The minimum absolute atomic E-state index is 0.0122. The molecule has 0 aliphatic heterocycles. The average molecular weight is 731 g/mol. The largest absolute Gasteiger partial charge is 0.756 e. The van der Waals surface area contributed by atoms with E-state index in [2.05, 4.69) is 31.3 Å². The molecule has 8 nitrogen and oxygen atoms in total. The van der Waals surface area contributed by atoms with Crippen molar-refractivity contribution < 1.29 is 32.9 Å². The first-order valence-electron chi connectivity index (χ1n) is 21.0. The molecule has 0 bridgehead atoms. The zero-order valence-corrected chi connectivity index (χ0v) is 34.5. The van der Waals surface area contributed by atoms with E-state index in [0.29, 0.717) is 23.9 Å². The molecule has 0 heterocycles. The van der Waals surface area contributed by atoms with Crippen LogP contribution < -0.4 is 10.2 Å². The third-order valence-corrected chi connectivity index (χ3v) is 10.5. The Morgan fingerprint density at radius 1 is 0.680 bits per heavy atom. The van der Waals surface area contributed by atoms with Crippen molar-refractivity contribution in [1.29, 1.82) is 0 Å². The fourth-order valence-corrected chi connectivity index (χ4v) is 6.81. The summed E-state index contributed by atoms with van der Waals surface area (Å²) in [5.41, 5.74) is 0. The van der Waals surface area contributed by atoms with Crippen molar-refractivity contribution in [3.05, 3.63) is 12.2 Å². The molecule has 0 fully saturated rings. The quantitative estimate of drug-likeness (QED) is 0.0283. The van der Waals surface area contributed by atoms with Crippen LogP contribution in [0.1, 0.15) is 194 Å². The summed E-state index contributed by atoms with van der Waals surface area (Å²) >= 11 is 0. The highest BCUT2D eigenvalue weighted by Gasteiger charge is 2.24. The van der Waals surface area contributed by atoms with Crippen LogP contribution in [0, 0.1) is 0 Å². The number of allylic oxidation sites excluding steroid dienone is 2. The molecule has 3 unspecified atom stereocenters. The summed E-state index contributed by atoms with van der Waals surface area (Å²) in [5, 5.41) is 13.5. The van der Waals surface area contributed by atoms with Gasteiger partial charge < -0.3 is 28.8 Å². The molecule has 0 spiro atoms. The van der Waals surface area contributed by atoms with Crippen LogP contribution in [-0.4, -0.2) is 68.5 Å². The molecule has 298 valence electrons. The first-order chi connectivity index (χ1) is 24.0. The number of amides is 1. The van der Waals surface area contributed by atoms with Gasteiger partial charge in [0, 0.05) is 6.42 Å². The lowest BCUT2D eigenvalue weighted by Gasteiger charge is -2.30. The van der Waals surface area contributed by atoms with Crippen LogP contribution in [0.4, 0.5) is 0 Å². The van der Waals surface area contributed by atoms with Crippen molar-refractivity contribution in [1.82, 2.24) is 5.32 Å². The summed E-state index contributed by atoms with van der Waals surface area (Å²) in [6.07, 6.45) is 37.4. The number of quaternary nitrogens is 1. The lowest BCUT2D eigenvalue weighted by atomic mass is 10.0. The van der Waals surface area contributed by atoms with Gasteiger partial charge >= 0.3 is 0 Å². The minimum atomic E-state index is -4.53. The zero-order chi connectivity index (χ0) is 37.2. The van der Waals surface area contributed by atoms with E-state index in [1.54, 1.807) is 0 Å². The van der Waals surface area contributed by atoms with Gasteiger partial charge in [-0.3, -0.25) is 9.36 Å². The summed E-state index contributed by atoms with van der Waals surface area (Å²) in [4.78, 5) is 24.9. The highest BCUT2D eigenvalue weighted by molar-refractivity contribution is 7.45. The maximum Gasteiger partial charge on any atom is 0.268 e. The van der Waals surface area contributed by atoms with Gasteiger partial charge in [-0.05, 0) is 38.5 Å². The number of likely N-dealkylation sites (N-methyl/N-ethyl adjacent to an activating group) is 1. The van der Waals surface area contributed by atoms with Gasteiger partial charge in [-0.15, -0.1) is 0 Å². The van der Waals surface area contributed by atoms with Crippen molar-refractivity contribution in [2.45, 2.75) is 206 Å². The maximum atomic E-state index is 12.7. The molecule has 9 heteroatoms. The summed E-state index contributed by atoms with van der Waals surface area (Å²) in [7, 11) is 1.30. The predicted octanol–water partition coefficient (Wildman–Crippen LogP) is 10.6. The molecule has 1 amide bonds. The topological polar surface area (TPSA) is 108 Å². The Bertz CT molecular complexity index is 834. The lowest BCUT2D eigenvalue weighted by molar-refractivity contribution is -0.870. The summed E-state index contributed by atoms with van der Waals surface area (Å²) in [6.45, 7) is 4.55. The Balaban J connectivity index is 3.86. The van der Waals surface area contributed by atoms with Gasteiger partial charge in [-0.2, -0.15) is 0 Å². The monoisotopic (exact) mass is 731 g/mol. The van der Waals surface area contributed by atoms with Crippen molar-refractivity contribution in [3.8, 4) is 0 Å². The fourth-order valence-electron chi connectivity index (χ4n) is 6.09. The van der Waals surface area contributed by atoms with Crippen molar-refractivity contribution >= 4 is 13.7 Å². The fraction of sp³-hybridized carbons (Fsp3) is 0.927. The average Bonchev–Trinajstić information content (AvgIpc) is 3.06. The highest BCUT2D eigenvalue weighted by atomic mass is 31.2. The molecule has 0 saturated heterocycles. The minimum Gasteiger partial charge on any atom is -0.756 e. The molecular formula is C41H83N2O6P. The van der Waals surface area contributed by atoms with Crippen LogP contribution in [0.2, 0.25) is 0 Å². The molecule has 0 aromatic heterocycles. The molecule has 0 radical (unpaired) electrons. The van der Waals surface area contributed by atoms with Gasteiger partial charge in [0.1, 0.15) is 13.2 Å². The van der Waals surface area contributed by atoms with Crippen LogP contribution in [0.25, 0.3) is 0 Å². The second kappa shape index (κ2) is 34.0. The van der Waals surface area contributed by atoms with Gasteiger partial charge in [-0.25, -0.2) is 0 Å². The van der Waals surface area contributed by atoms with Gasteiger partial charge in [-0.1, -0.05) is 161 Å². The van der Waals surface area contributed by atoms with Crippen molar-refractivity contribution in [3.63, 3.8) is 0 Å². The van der Waals surface area contributed by atoms with Gasteiger partial charge in [0.2, 0.25) is 5.91 Å². The third kappa shape index (κ3) is 35.6. The standard InChI is InChI=1S/C41H83N2O6P/c1-6-8-10-11-12-13-14-15-16-17-18-19-20-21-22-23-24-25-26-27-28-29-30-31-33-35-41(45)42-39(40(44)34-32-9-7-2)38-49-50(46,47)48-37-36-43(3,4)5/h17-18,39-40,44H,6-16,19-38H2,1-5H3,(H-,42,45,46,47)/b18-17-. The number of phosphoric acid groups is 1. The molecule has 2 N–H and O–H groups in total. The number of aliphatic hydroxyl groups is 1. The lowest BCUT2D eigenvalue weighted by Crippen LogP contribution is -2.46. The van der Waals surface area contributed by atoms with E-state index in [0.717, 1.165) is 38.5 Å². The molecular weight excluding hydrogens is 647 g/mol. The van der Waals surface area contributed by atoms with Crippen LogP contribution in [0.5, 0.6) is 0 Å². The number of carbonyl (C=O) groups is 1. The van der Waals surface area contributed by atoms with E-state index in [1.165, 1.54) is 128 Å². The maximum absolute atomic E-state index is 12.7. The smallest absolute Gasteiger partial charge is 0.268 e. The Labute approximate surface area is 310 Å². The van der Waals surface area contributed by atoms with E-state index in [9.17, 15) is 19.4 Å². The van der Waals surface area contributed by atoms with E-state index in [-0.39, 0.29) is 19.1 Å². The number of phosphoric ester groups is 1. The number of nitrogens with one attached hydrogen (secondary N) is 1. The Kier molecular flexibility index (Phi) is 33.5. The van der Waals surface area contributed by atoms with E-state index < -0.39 is 20.0 Å². The van der Waals surface area contributed by atoms with E-state index in [1.807, 2.05) is 21.1 Å².